The van der Waals surface area contributed by atoms with Gasteiger partial charge in [-0.15, -0.1) is 5.10 Å². The van der Waals surface area contributed by atoms with Crippen LogP contribution in [0.3, 0.4) is 0 Å². The number of hydrogen-bond donors (Lipinski definition) is 1. The third-order valence-corrected chi connectivity index (χ3v) is 2.78. The molecule has 1 N–H and O–H groups in total. The summed E-state index contributed by atoms with van der Waals surface area (Å²) in [5.41, 5.74) is 0.655. The van der Waals surface area contributed by atoms with Gasteiger partial charge in [0.05, 0.1) is 5.56 Å². The Balaban J connectivity index is 2.45. The molecule has 2 aromatic rings. The van der Waals surface area contributed by atoms with Crippen molar-refractivity contribution in [1.29, 1.82) is 0 Å². The van der Waals surface area contributed by atoms with Gasteiger partial charge in [-0.05, 0) is 6.92 Å². The van der Waals surface area contributed by atoms with E-state index < -0.39 is 0 Å². The minimum Gasteiger partial charge on any atom is -0.404 e. The minimum absolute atomic E-state index is 0.172. The number of aryl methyl sites for hydroxylation is 1. The molecule has 0 aliphatic heterocycles. The summed E-state index contributed by atoms with van der Waals surface area (Å²) >= 11 is 0. The van der Waals surface area contributed by atoms with Crippen LogP contribution in [0, 0.1) is 6.92 Å². The van der Waals surface area contributed by atoms with Crippen LogP contribution in [0.15, 0.2) is 6.33 Å². The van der Waals surface area contributed by atoms with Crippen LogP contribution in [0.5, 0.6) is 11.9 Å². The molecule has 2 rings (SSSR count). The first kappa shape index (κ1) is 14.2. The second-order valence-electron chi connectivity index (χ2n) is 5.63. The van der Waals surface area contributed by atoms with Gasteiger partial charge < -0.3 is 10.1 Å². The average molecular weight is 276 g/mol. The molecule has 0 saturated carbocycles. The van der Waals surface area contributed by atoms with E-state index in [-0.39, 0.29) is 11.4 Å². The summed E-state index contributed by atoms with van der Waals surface area (Å²) < 4.78 is 7.25. The summed E-state index contributed by atoms with van der Waals surface area (Å²) in [6.07, 6.45) is 1.58. The van der Waals surface area contributed by atoms with Gasteiger partial charge in [-0.1, -0.05) is 20.8 Å². The Morgan fingerprint density at radius 2 is 1.95 bits per heavy atom. The molecule has 0 aliphatic rings. The van der Waals surface area contributed by atoms with Gasteiger partial charge in [0.25, 0.3) is 0 Å². The van der Waals surface area contributed by atoms with E-state index in [9.17, 15) is 0 Å². The van der Waals surface area contributed by atoms with Gasteiger partial charge in [-0.2, -0.15) is 9.97 Å². The Morgan fingerprint density at radius 1 is 1.25 bits per heavy atom. The molecule has 0 atom stereocenters. The van der Waals surface area contributed by atoms with Crippen LogP contribution in [0.2, 0.25) is 0 Å². The zero-order valence-corrected chi connectivity index (χ0v) is 12.7. The highest BCUT2D eigenvalue weighted by molar-refractivity contribution is 5.49. The maximum absolute atomic E-state index is 5.67. The molecule has 2 heterocycles. The van der Waals surface area contributed by atoms with Gasteiger partial charge in [-0.3, -0.25) is 4.68 Å². The number of nitrogens with one attached hydrogen (secondary N) is 1. The predicted octanol–water partition coefficient (Wildman–Crippen LogP) is 2.05. The van der Waals surface area contributed by atoms with Crippen molar-refractivity contribution in [2.75, 3.05) is 12.4 Å². The van der Waals surface area contributed by atoms with Crippen LogP contribution in [-0.2, 0) is 12.5 Å². The summed E-state index contributed by atoms with van der Waals surface area (Å²) in [5.74, 6) is 1.93. The third kappa shape index (κ3) is 2.87. The van der Waals surface area contributed by atoms with Crippen LogP contribution in [0.25, 0.3) is 0 Å². The van der Waals surface area contributed by atoms with E-state index in [1.807, 2.05) is 14.0 Å². The van der Waals surface area contributed by atoms with Crippen molar-refractivity contribution in [3.8, 4) is 11.9 Å². The van der Waals surface area contributed by atoms with Crippen LogP contribution in [0.4, 0.5) is 5.82 Å². The van der Waals surface area contributed by atoms with E-state index in [0.29, 0.717) is 11.7 Å². The van der Waals surface area contributed by atoms with Crippen LogP contribution in [-0.4, -0.2) is 31.8 Å². The van der Waals surface area contributed by atoms with Crippen molar-refractivity contribution in [2.45, 2.75) is 33.1 Å². The summed E-state index contributed by atoms with van der Waals surface area (Å²) in [5, 5.41) is 7.16. The van der Waals surface area contributed by atoms with Crippen molar-refractivity contribution in [3.05, 3.63) is 17.7 Å². The Kier molecular flexibility index (Phi) is 3.61. The molecule has 0 saturated heterocycles. The number of nitrogens with zero attached hydrogens (tertiary/aromatic N) is 5. The maximum atomic E-state index is 5.67. The van der Waals surface area contributed by atoms with Gasteiger partial charge in [-0.25, -0.2) is 4.98 Å². The molecule has 7 heteroatoms. The first-order valence-electron chi connectivity index (χ1n) is 6.41. The number of anilines is 1. The minimum atomic E-state index is -0.172. The fourth-order valence-electron chi connectivity index (χ4n) is 1.63. The molecular weight excluding hydrogens is 256 g/mol. The van der Waals surface area contributed by atoms with E-state index in [2.05, 4.69) is 46.1 Å². The lowest BCUT2D eigenvalue weighted by atomic mass is 9.95. The Hall–Kier alpha value is -2.18. The highest BCUT2D eigenvalue weighted by Crippen LogP contribution is 2.29. The van der Waals surface area contributed by atoms with E-state index >= 15 is 0 Å². The summed E-state index contributed by atoms with van der Waals surface area (Å²) in [6, 6.07) is 0.274. The van der Waals surface area contributed by atoms with Gasteiger partial charge in [0, 0.05) is 19.5 Å². The summed E-state index contributed by atoms with van der Waals surface area (Å²) in [7, 11) is 3.61. The fraction of sp³-hybridized carbons (Fsp3) is 0.538. The van der Waals surface area contributed by atoms with Crippen molar-refractivity contribution in [2.24, 2.45) is 7.05 Å². The maximum Gasteiger partial charge on any atom is 0.342 e. The smallest absolute Gasteiger partial charge is 0.342 e. The Bertz CT molecular complexity index is 614. The molecule has 7 nitrogen and oxygen atoms in total. The van der Waals surface area contributed by atoms with E-state index in [0.717, 1.165) is 11.4 Å². The predicted molar refractivity (Wildman–Crippen MR) is 76.1 cm³/mol. The number of ether oxygens (including phenoxy) is 1. The van der Waals surface area contributed by atoms with Gasteiger partial charge in [0.1, 0.15) is 18.0 Å². The van der Waals surface area contributed by atoms with Crippen molar-refractivity contribution in [1.82, 2.24) is 24.7 Å². The number of hydrogen-bond acceptors (Lipinski definition) is 6. The molecule has 2 aromatic heterocycles. The molecule has 0 fully saturated rings. The molecule has 0 radical (unpaired) electrons. The summed E-state index contributed by atoms with van der Waals surface area (Å²) in [6.45, 7) is 8.07. The molecule has 0 amide bonds. The standard InChI is InChI=1S/C13H20N6O/c1-8-9(14-5)16-11(13(2,3)4)17-10(8)20-12-15-7-19(6)18-12/h7H,1-6H3,(H,14,16,17). The summed E-state index contributed by atoms with van der Waals surface area (Å²) in [4.78, 5) is 13.1. The molecule has 0 aromatic carbocycles. The molecular formula is C13H20N6O. The van der Waals surface area contributed by atoms with Crippen molar-refractivity contribution in [3.63, 3.8) is 0 Å². The van der Waals surface area contributed by atoms with Gasteiger partial charge in [0.2, 0.25) is 5.88 Å². The van der Waals surface area contributed by atoms with Crippen molar-refractivity contribution >= 4 is 5.82 Å². The number of rotatable bonds is 3. The van der Waals surface area contributed by atoms with Crippen molar-refractivity contribution < 1.29 is 4.74 Å². The quantitative estimate of drug-likeness (QED) is 0.924. The van der Waals surface area contributed by atoms with Crippen LogP contribution < -0.4 is 10.1 Å². The monoisotopic (exact) mass is 276 g/mol. The highest BCUT2D eigenvalue weighted by Gasteiger charge is 2.22. The van der Waals surface area contributed by atoms with E-state index in [4.69, 9.17) is 4.74 Å². The second-order valence-corrected chi connectivity index (χ2v) is 5.63. The van der Waals surface area contributed by atoms with E-state index in [1.54, 1.807) is 18.1 Å². The SMILES string of the molecule is CNc1nc(C(C)(C)C)nc(Oc2ncn(C)n2)c1C. The van der Waals surface area contributed by atoms with Crippen LogP contribution in [0.1, 0.15) is 32.2 Å². The van der Waals surface area contributed by atoms with Gasteiger partial charge in [0.15, 0.2) is 0 Å². The zero-order valence-electron chi connectivity index (χ0n) is 12.7. The lowest BCUT2D eigenvalue weighted by Crippen LogP contribution is -2.18. The second kappa shape index (κ2) is 5.07. The van der Waals surface area contributed by atoms with E-state index in [1.165, 1.54) is 0 Å². The Labute approximate surface area is 118 Å². The third-order valence-electron chi connectivity index (χ3n) is 2.78. The highest BCUT2D eigenvalue weighted by atomic mass is 16.5. The molecule has 20 heavy (non-hydrogen) atoms. The lowest BCUT2D eigenvalue weighted by molar-refractivity contribution is 0.409. The van der Waals surface area contributed by atoms with Gasteiger partial charge >= 0.3 is 6.01 Å². The number of aromatic nitrogens is 5. The first-order chi connectivity index (χ1) is 9.31. The molecule has 0 spiro atoms. The molecule has 0 aliphatic carbocycles. The zero-order chi connectivity index (χ0) is 14.9. The fourth-order valence-corrected chi connectivity index (χ4v) is 1.63. The largest absolute Gasteiger partial charge is 0.404 e. The molecule has 0 unspecified atom stereocenters. The Morgan fingerprint density at radius 3 is 2.45 bits per heavy atom. The van der Waals surface area contributed by atoms with Crippen LogP contribution >= 0.6 is 0 Å². The normalized spacial score (nSPS) is 11.5. The first-order valence-corrected chi connectivity index (χ1v) is 6.41. The average Bonchev–Trinajstić information content (AvgIpc) is 2.76. The topological polar surface area (TPSA) is 77.8 Å². The molecule has 0 bridgehead atoms. The lowest BCUT2D eigenvalue weighted by Gasteiger charge is -2.19. The molecule has 108 valence electrons.